The SMILES string of the molecule is COc1ccc(CCc2ccc(Oc3ccc4c(=O)c5cc(C)cc(OCCN(C)C)c5sc4c3)cn2)cc1. The van der Waals surface area contributed by atoms with Gasteiger partial charge in [0.05, 0.1) is 18.0 Å². The van der Waals surface area contributed by atoms with Gasteiger partial charge in [-0.05, 0) is 99.6 Å². The molecule has 5 aromatic rings. The molecule has 0 bridgehead atoms. The molecule has 0 fully saturated rings. The van der Waals surface area contributed by atoms with Crippen LogP contribution in [0.15, 0.2) is 77.7 Å². The molecule has 2 heterocycles. The maximum Gasteiger partial charge on any atom is 0.196 e. The molecule has 5 rings (SSSR count). The van der Waals surface area contributed by atoms with Crippen LogP contribution in [0.3, 0.4) is 0 Å². The van der Waals surface area contributed by atoms with Crippen molar-refractivity contribution in [3.8, 4) is 23.0 Å². The summed E-state index contributed by atoms with van der Waals surface area (Å²) in [6.07, 6.45) is 3.48. The van der Waals surface area contributed by atoms with Crippen molar-refractivity contribution >= 4 is 31.5 Å². The number of likely N-dealkylation sites (N-methyl/N-ethyl adjacent to an activating group) is 1. The Hall–Kier alpha value is -3.94. The molecule has 2 aromatic heterocycles. The molecule has 0 radical (unpaired) electrons. The van der Waals surface area contributed by atoms with E-state index >= 15 is 0 Å². The van der Waals surface area contributed by atoms with Crippen molar-refractivity contribution in [1.82, 2.24) is 9.88 Å². The quantitative estimate of drug-likeness (QED) is 0.185. The number of benzene rings is 3. The summed E-state index contributed by atoms with van der Waals surface area (Å²) in [5, 5.41) is 1.37. The van der Waals surface area contributed by atoms with E-state index < -0.39 is 0 Å². The van der Waals surface area contributed by atoms with Crippen LogP contribution in [0.5, 0.6) is 23.0 Å². The molecule has 39 heavy (non-hydrogen) atoms. The number of rotatable bonds is 10. The molecule has 0 saturated carbocycles. The Morgan fingerprint density at radius 3 is 2.36 bits per heavy atom. The Kier molecular flexibility index (Phi) is 8.10. The van der Waals surface area contributed by atoms with Crippen molar-refractivity contribution < 1.29 is 14.2 Å². The first-order chi connectivity index (χ1) is 18.9. The van der Waals surface area contributed by atoms with Crippen molar-refractivity contribution in [1.29, 1.82) is 0 Å². The number of hydrogen-bond donors (Lipinski definition) is 0. The number of hydrogen-bond acceptors (Lipinski definition) is 7. The van der Waals surface area contributed by atoms with Crippen LogP contribution in [-0.2, 0) is 12.8 Å². The van der Waals surface area contributed by atoms with Crippen LogP contribution < -0.4 is 19.6 Å². The van der Waals surface area contributed by atoms with Gasteiger partial charge < -0.3 is 19.1 Å². The average molecular weight is 541 g/mol. The van der Waals surface area contributed by atoms with Gasteiger partial charge in [0.2, 0.25) is 0 Å². The maximum absolute atomic E-state index is 13.4. The summed E-state index contributed by atoms with van der Waals surface area (Å²) >= 11 is 1.55. The van der Waals surface area contributed by atoms with Crippen LogP contribution in [0.25, 0.3) is 20.2 Å². The first kappa shape index (κ1) is 26.7. The van der Waals surface area contributed by atoms with Crippen LogP contribution in [0.2, 0.25) is 0 Å². The van der Waals surface area contributed by atoms with Gasteiger partial charge in [-0.3, -0.25) is 9.78 Å². The molecule has 0 amide bonds. The molecule has 0 aliphatic rings. The van der Waals surface area contributed by atoms with Crippen molar-refractivity contribution in [2.24, 2.45) is 0 Å². The normalized spacial score (nSPS) is 11.3. The van der Waals surface area contributed by atoms with Crippen LogP contribution in [-0.4, -0.2) is 44.2 Å². The summed E-state index contributed by atoms with van der Waals surface area (Å²) in [6, 6.07) is 21.6. The van der Waals surface area contributed by atoms with E-state index in [1.165, 1.54) is 5.56 Å². The lowest BCUT2D eigenvalue weighted by molar-refractivity contribution is 0.264. The van der Waals surface area contributed by atoms with Gasteiger partial charge in [0.1, 0.15) is 29.6 Å². The standard InChI is InChI=1S/C32H32N2O4S/c1-21-17-28-31(35)27-14-13-25(19-30(27)39-32(28)29(18-21)37-16-15-34(2)3)38-26-12-9-23(33-20-26)8-5-22-6-10-24(36-4)11-7-22/h6-7,9-14,17-20H,5,8,15-16H2,1-4H3. The minimum Gasteiger partial charge on any atom is -0.497 e. The molecule has 0 N–H and O–H groups in total. The fourth-order valence-corrected chi connectivity index (χ4v) is 5.52. The number of methoxy groups -OCH3 is 1. The number of nitrogens with zero attached hydrogens (tertiary/aromatic N) is 2. The number of pyridine rings is 1. The highest BCUT2D eigenvalue weighted by molar-refractivity contribution is 7.24. The zero-order valence-corrected chi connectivity index (χ0v) is 23.5. The molecule has 0 saturated heterocycles. The molecule has 0 spiro atoms. The Bertz CT molecular complexity index is 1640. The first-order valence-electron chi connectivity index (χ1n) is 12.9. The first-order valence-corrected chi connectivity index (χ1v) is 13.8. The van der Waals surface area contributed by atoms with Gasteiger partial charge in [0, 0.05) is 27.7 Å². The molecule has 6 nitrogen and oxygen atoms in total. The van der Waals surface area contributed by atoms with E-state index in [-0.39, 0.29) is 5.43 Å². The zero-order valence-electron chi connectivity index (χ0n) is 22.7. The Balaban J connectivity index is 1.34. The summed E-state index contributed by atoms with van der Waals surface area (Å²) in [6.45, 7) is 3.34. The maximum atomic E-state index is 13.4. The lowest BCUT2D eigenvalue weighted by atomic mass is 10.1. The van der Waals surface area contributed by atoms with Crippen molar-refractivity contribution in [3.05, 3.63) is 100.0 Å². The molecular weight excluding hydrogens is 508 g/mol. The molecule has 7 heteroatoms. The summed E-state index contributed by atoms with van der Waals surface area (Å²) in [4.78, 5) is 20.0. The minimum absolute atomic E-state index is 0.00865. The predicted octanol–water partition coefficient (Wildman–Crippen LogP) is 6.64. The summed E-state index contributed by atoms with van der Waals surface area (Å²) in [5.41, 5.74) is 3.25. The fourth-order valence-electron chi connectivity index (χ4n) is 4.37. The average Bonchev–Trinajstić information content (AvgIpc) is 2.93. The van der Waals surface area contributed by atoms with Gasteiger partial charge in [-0.15, -0.1) is 11.3 Å². The van der Waals surface area contributed by atoms with Gasteiger partial charge in [0.15, 0.2) is 5.43 Å². The summed E-state index contributed by atoms with van der Waals surface area (Å²) in [7, 11) is 5.69. The van der Waals surface area contributed by atoms with Gasteiger partial charge in [-0.25, -0.2) is 0 Å². The Morgan fingerprint density at radius 1 is 0.872 bits per heavy atom. The van der Waals surface area contributed by atoms with Gasteiger partial charge in [-0.1, -0.05) is 12.1 Å². The molecular formula is C32H32N2O4S. The summed E-state index contributed by atoms with van der Waals surface area (Å²) < 4.78 is 19.1. The second kappa shape index (κ2) is 11.8. The van der Waals surface area contributed by atoms with Crippen molar-refractivity contribution in [2.45, 2.75) is 19.8 Å². The predicted molar refractivity (Wildman–Crippen MR) is 159 cm³/mol. The third-order valence-electron chi connectivity index (χ3n) is 6.51. The third-order valence-corrected chi connectivity index (χ3v) is 7.69. The van der Waals surface area contributed by atoms with E-state index in [4.69, 9.17) is 14.2 Å². The molecule has 3 aromatic carbocycles. The van der Waals surface area contributed by atoms with Gasteiger partial charge in [-0.2, -0.15) is 0 Å². The lowest BCUT2D eigenvalue weighted by Crippen LogP contribution is -2.19. The Morgan fingerprint density at radius 2 is 1.64 bits per heavy atom. The van der Waals surface area contributed by atoms with E-state index in [1.807, 2.05) is 75.6 Å². The van der Waals surface area contributed by atoms with E-state index in [0.717, 1.165) is 51.5 Å². The highest BCUT2D eigenvalue weighted by atomic mass is 32.1. The van der Waals surface area contributed by atoms with Crippen LogP contribution in [0.4, 0.5) is 0 Å². The van der Waals surface area contributed by atoms with E-state index in [0.29, 0.717) is 28.9 Å². The second-order valence-electron chi connectivity index (χ2n) is 9.82. The summed E-state index contributed by atoms with van der Waals surface area (Å²) in [5.74, 6) is 2.92. The molecule has 200 valence electrons. The fraction of sp³-hybridized carbons (Fsp3) is 0.250. The highest BCUT2D eigenvalue weighted by Gasteiger charge is 2.13. The molecule has 0 atom stereocenters. The van der Waals surface area contributed by atoms with E-state index in [2.05, 4.69) is 22.0 Å². The lowest BCUT2D eigenvalue weighted by Gasteiger charge is -2.14. The topological polar surface area (TPSA) is 60.9 Å². The highest BCUT2D eigenvalue weighted by Crippen LogP contribution is 2.35. The van der Waals surface area contributed by atoms with Crippen LogP contribution in [0, 0.1) is 6.92 Å². The number of aryl methyl sites for hydroxylation is 3. The third kappa shape index (κ3) is 6.38. The largest absolute Gasteiger partial charge is 0.497 e. The molecule has 0 aliphatic carbocycles. The number of ether oxygens (including phenoxy) is 3. The Labute approximate surface area is 232 Å². The number of fused-ring (bicyclic) bond motifs is 2. The molecule has 0 aliphatic heterocycles. The van der Waals surface area contributed by atoms with Crippen LogP contribution >= 0.6 is 11.3 Å². The number of aromatic nitrogens is 1. The van der Waals surface area contributed by atoms with Crippen LogP contribution in [0.1, 0.15) is 16.8 Å². The minimum atomic E-state index is 0.00865. The zero-order chi connectivity index (χ0) is 27.4. The monoisotopic (exact) mass is 540 g/mol. The van der Waals surface area contributed by atoms with Crippen molar-refractivity contribution in [2.75, 3.05) is 34.4 Å². The smallest absolute Gasteiger partial charge is 0.196 e. The van der Waals surface area contributed by atoms with Crippen molar-refractivity contribution in [3.63, 3.8) is 0 Å². The van der Waals surface area contributed by atoms with E-state index in [1.54, 1.807) is 24.6 Å². The second-order valence-corrected chi connectivity index (χ2v) is 10.9. The van der Waals surface area contributed by atoms with E-state index in [9.17, 15) is 4.79 Å². The van der Waals surface area contributed by atoms with Gasteiger partial charge in [0.25, 0.3) is 0 Å². The molecule has 0 unspecified atom stereocenters. The van der Waals surface area contributed by atoms with Gasteiger partial charge >= 0.3 is 0 Å².